The van der Waals surface area contributed by atoms with Gasteiger partial charge in [-0.05, 0) is 38.5 Å². The van der Waals surface area contributed by atoms with E-state index < -0.39 is 5.97 Å². The summed E-state index contributed by atoms with van der Waals surface area (Å²) in [5, 5.41) is 3.73. The minimum atomic E-state index is -0.420. The summed E-state index contributed by atoms with van der Waals surface area (Å²) < 4.78 is 5.13. The molecule has 2 rings (SSSR count). The molecule has 1 aliphatic heterocycles. The first-order valence-electron chi connectivity index (χ1n) is 6.99. The summed E-state index contributed by atoms with van der Waals surface area (Å²) in [7, 11) is 0. The molecule has 0 saturated heterocycles. The fraction of sp³-hybridized carbons (Fsp3) is 0.467. The SMILES string of the molecule is CCC1Nc2cc(Cl)ccc2N(CC(=O)OC(C)C)C1=O. The molecule has 1 aromatic rings. The minimum Gasteiger partial charge on any atom is -0.462 e. The number of amides is 1. The maximum Gasteiger partial charge on any atom is 0.326 e. The van der Waals surface area contributed by atoms with Gasteiger partial charge in [-0.15, -0.1) is 0 Å². The van der Waals surface area contributed by atoms with Gasteiger partial charge in [-0.2, -0.15) is 0 Å². The lowest BCUT2D eigenvalue weighted by Gasteiger charge is -2.34. The van der Waals surface area contributed by atoms with Gasteiger partial charge in [0.25, 0.3) is 0 Å². The van der Waals surface area contributed by atoms with Crippen LogP contribution in [0.5, 0.6) is 0 Å². The van der Waals surface area contributed by atoms with Crippen molar-refractivity contribution in [2.45, 2.75) is 39.3 Å². The molecular weight excluding hydrogens is 292 g/mol. The molecule has 1 N–H and O–H groups in total. The van der Waals surface area contributed by atoms with Crippen LogP contribution in [0.15, 0.2) is 18.2 Å². The van der Waals surface area contributed by atoms with E-state index in [4.69, 9.17) is 16.3 Å². The van der Waals surface area contributed by atoms with E-state index in [0.717, 1.165) is 5.69 Å². The summed E-state index contributed by atoms with van der Waals surface area (Å²) >= 11 is 5.99. The lowest BCUT2D eigenvalue weighted by molar-refractivity contribution is -0.146. The number of hydrogen-bond donors (Lipinski definition) is 1. The summed E-state index contributed by atoms with van der Waals surface area (Å²) in [6, 6.07) is 4.83. The molecule has 0 radical (unpaired) electrons. The zero-order valence-electron chi connectivity index (χ0n) is 12.4. The van der Waals surface area contributed by atoms with E-state index in [9.17, 15) is 9.59 Å². The van der Waals surface area contributed by atoms with Gasteiger partial charge >= 0.3 is 5.97 Å². The van der Waals surface area contributed by atoms with Gasteiger partial charge in [0.05, 0.1) is 17.5 Å². The topological polar surface area (TPSA) is 58.6 Å². The molecule has 6 heteroatoms. The zero-order valence-corrected chi connectivity index (χ0v) is 13.1. The van der Waals surface area contributed by atoms with Crippen molar-refractivity contribution >= 4 is 34.9 Å². The molecule has 0 aliphatic carbocycles. The average Bonchev–Trinajstić information content (AvgIpc) is 2.40. The van der Waals surface area contributed by atoms with Gasteiger partial charge in [-0.1, -0.05) is 18.5 Å². The number of fused-ring (bicyclic) bond motifs is 1. The van der Waals surface area contributed by atoms with Crippen molar-refractivity contribution in [3.05, 3.63) is 23.2 Å². The Hall–Kier alpha value is -1.75. The Kier molecular flexibility index (Phi) is 4.73. The van der Waals surface area contributed by atoms with Crippen molar-refractivity contribution < 1.29 is 14.3 Å². The summed E-state index contributed by atoms with van der Waals surface area (Å²) in [6.45, 7) is 5.37. The van der Waals surface area contributed by atoms with Crippen LogP contribution in [-0.2, 0) is 14.3 Å². The van der Waals surface area contributed by atoms with E-state index in [-0.39, 0.29) is 24.6 Å². The van der Waals surface area contributed by atoms with Gasteiger partial charge < -0.3 is 10.1 Å². The molecule has 21 heavy (non-hydrogen) atoms. The number of carbonyl (C=O) groups excluding carboxylic acids is 2. The fourth-order valence-electron chi connectivity index (χ4n) is 2.28. The molecule has 1 heterocycles. The third kappa shape index (κ3) is 3.47. The number of anilines is 2. The van der Waals surface area contributed by atoms with Gasteiger partial charge in [0.15, 0.2) is 0 Å². The summed E-state index contributed by atoms with van der Waals surface area (Å²) in [5.41, 5.74) is 1.40. The van der Waals surface area contributed by atoms with Gasteiger partial charge in [-0.25, -0.2) is 0 Å². The molecule has 1 aromatic carbocycles. The first kappa shape index (κ1) is 15.6. The van der Waals surface area contributed by atoms with Crippen LogP contribution in [0, 0.1) is 0 Å². The van der Waals surface area contributed by atoms with Crippen LogP contribution in [0.1, 0.15) is 27.2 Å². The number of benzene rings is 1. The third-order valence-electron chi connectivity index (χ3n) is 3.21. The Balaban J connectivity index is 2.30. The molecule has 1 aliphatic rings. The number of rotatable bonds is 4. The summed E-state index contributed by atoms with van der Waals surface area (Å²) in [5.74, 6) is -0.552. The number of nitrogens with zero attached hydrogens (tertiary/aromatic N) is 1. The van der Waals surface area contributed by atoms with Gasteiger partial charge in [0, 0.05) is 5.02 Å². The monoisotopic (exact) mass is 310 g/mol. The molecule has 0 fully saturated rings. The Bertz CT molecular complexity index is 560. The second-order valence-electron chi connectivity index (χ2n) is 5.23. The molecule has 1 amide bonds. The summed E-state index contributed by atoms with van der Waals surface area (Å²) in [4.78, 5) is 25.8. The smallest absolute Gasteiger partial charge is 0.326 e. The maximum absolute atomic E-state index is 12.4. The van der Waals surface area contributed by atoms with E-state index in [0.29, 0.717) is 17.1 Å². The number of ether oxygens (including phenoxy) is 1. The normalized spacial score (nSPS) is 17.5. The first-order valence-corrected chi connectivity index (χ1v) is 7.37. The van der Waals surface area contributed by atoms with Crippen LogP contribution >= 0.6 is 11.6 Å². The Morgan fingerprint density at radius 2 is 2.19 bits per heavy atom. The Labute approximate surface area is 129 Å². The highest BCUT2D eigenvalue weighted by molar-refractivity contribution is 6.31. The molecule has 0 spiro atoms. The second kappa shape index (κ2) is 6.35. The van der Waals surface area contributed by atoms with Crippen molar-refractivity contribution in [1.29, 1.82) is 0 Å². The highest BCUT2D eigenvalue weighted by atomic mass is 35.5. The Morgan fingerprint density at radius 3 is 2.81 bits per heavy atom. The molecule has 0 saturated carbocycles. The third-order valence-corrected chi connectivity index (χ3v) is 3.44. The van der Waals surface area contributed by atoms with Gasteiger partial charge in [-0.3, -0.25) is 14.5 Å². The fourth-order valence-corrected chi connectivity index (χ4v) is 2.46. The number of esters is 1. The lowest BCUT2D eigenvalue weighted by Crippen LogP contribution is -2.49. The van der Waals surface area contributed by atoms with Crippen molar-refractivity contribution in [3.63, 3.8) is 0 Å². The lowest BCUT2D eigenvalue weighted by atomic mass is 10.1. The molecule has 0 aromatic heterocycles. The van der Waals surface area contributed by atoms with Crippen LogP contribution in [0.3, 0.4) is 0 Å². The average molecular weight is 311 g/mol. The zero-order chi connectivity index (χ0) is 15.6. The minimum absolute atomic E-state index is 0.0934. The second-order valence-corrected chi connectivity index (χ2v) is 5.67. The van der Waals surface area contributed by atoms with E-state index in [2.05, 4.69) is 5.32 Å². The molecule has 1 unspecified atom stereocenters. The molecule has 5 nitrogen and oxygen atoms in total. The largest absolute Gasteiger partial charge is 0.462 e. The summed E-state index contributed by atoms with van der Waals surface area (Å²) in [6.07, 6.45) is 0.419. The van der Waals surface area contributed by atoms with Crippen molar-refractivity contribution in [2.24, 2.45) is 0 Å². The van der Waals surface area contributed by atoms with E-state index in [1.807, 2.05) is 6.92 Å². The number of carbonyl (C=O) groups is 2. The van der Waals surface area contributed by atoms with Crippen LogP contribution in [0.25, 0.3) is 0 Å². The number of halogens is 1. The predicted molar refractivity (Wildman–Crippen MR) is 82.7 cm³/mol. The number of nitrogens with one attached hydrogen (secondary N) is 1. The van der Waals surface area contributed by atoms with E-state index in [1.54, 1.807) is 32.0 Å². The van der Waals surface area contributed by atoms with Gasteiger partial charge in [0.2, 0.25) is 5.91 Å². The first-order chi connectivity index (χ1) is 9.92. The van der Waals surface area contributed by atoms with Crippen LogP contribution in [0.4, 0.5) is 11.4 Å². The quantitative estimate of drug-likeness (QED) is 0.869. The number of hydrogen-bond acceptors (Lipinski definition) is 4. The maximum atomic E-state index is 12.4. The van der Waals surface area contributed by atoms with Gasteiger partial charge in [0.1, 0.15) is 12.6 Å². The predicted octanol–water partition coefficient (Wildman–Crippen LogP) is 2.83. The standard InChI is InChI=1S/C15H19ClN2O3/c1-4-11-15(20)18(8-14(19)21-9(2)3)13-6-5-10(16)7-12(13)17-11/h5-7,9,11,17H,4,8H2,1-3H3. The van der Waals surface area contributed by atoms with Crippen molar-refractivity contribution in [1.82, 2.24) is 0 Å². The van der Waals surface area contributed by atoms with E-state index >= 15 is 0 Å². The van der Waals surface area contributed by atoms with Crippen LogP contribution in [-0.4, -0.2) is 30.6 Å². The van der Waals surface area contributed by atoms with Crippen LogP contribution in [0.2, 0.25) is 5.02 Å². The van der Waals surface area contributed by atoms with Crippen molar-refractivity contribution in [3.8, 4) is 0 Å². The van der Waals surface area contributed by atoms with Crippen molar-refractivity contribution in [2.75, 3.05) is 16.8 Å². The van der Waals surface area contributed by atoms with E-state index in [1.165, 1.54) is 4.90 Å². The molecule has 0 bridgehead atoms. The highest BCUT2D eigenvalue weighted by Gasteiger charge is 2.33. The highest BCUT2D eigenvalue weighted by Crippen LogP contribution is 2.34. The molecular formula is C15H19ClN2O3. The Morgan fingerprint density at radius 1 is 1.48 bits per heavy atom. The van der Waals surface area contributed by atoms with Crippen LogP contribution < -0.4 is 10.2 Å². The molecule has 114 valence electrons. The molecule has 1 atom stereocenters.